The lowest BCUT2D eigenvalue weighted by molar-refractivity contribution is -0.145. The second-order valence-electron chi connectivity index (χ2n) is 6.10. The fraction of sp³-hybridized carbons (Fsp3) is 0.917. The Bertz CT molecular complexity index is 355. The maximum atomic E-state index is 11.5. The molecule has 6 nitrogen and oxygen atoms in total. The van der Waals surface area contributed by atoms with Gasteiger partial charge in [-0.3, -0.25) is 4.79 Å². The molecule has 1 aliphatic heterocycles. The first kappa shape index (κ1) is 14.8. The van der Waals surface area contributed by atoms with Crippen molar-refractivity contribution in [2.24, 2.45) is 23.5 Å². The Morgan fingerprint density at radius 3 is 2.79 bits per heavy atom. The molecular weight excluding hydrogens is 247 g/mol. The van der Waals surface area contributed by atoms with Gasteiger partial charge in [-0.2, -0.15) is 0 Å². The van der Waals surface area contributed by atoms with Gasteiger partial charge in [0, 0.05) is 6.04 Å². The standard InChI is InChI=1S/C12H23BN2O4/c1-7-10-8(6-15-7)5-12(14,11(16)17)9(10)3-2-4-13(18)19/h7-10,15,18-19H,2-6,14H2,1H3,(H,16,17)/t7-,8+,9+,10-,12?/m1/s1. The molecule has 19 heavy (non-hydrogen) atoms. The minimum absolute atomic E-state index is 0.0984. The van der Waals surface area contributed by atoms with Crippen LogP contribution in [0.5, 0.6) is 0 Å². The van der Waals surface area contributed by atoms with Crippen LogP contribution in [-0.2, 0) is 4.79 Å². The minimum Gasteiger partial charge on any atom is -0.480 e. The highest BCUT2D eigenvalue weighted by Gasteiger charge is 2.58. The average Bonchev–Trinajstić information content (AvgIpc) is 2.79. The zero-order valence-corrected chi connectivity index (χ0v) is 11.2. The Morgan fingerprint density at radius 2 is 2.21 bits per heavy atom. The van der Waals surface area contributed by atoms with Crippen LogP contribution in [0, 0.1) is 17.8 Å². The fourth-order valence-electron chi connectivity index (χ4n) is 4.05. The number of aliphatic carboxylic acids is 1. The first-order valence-electron chi connectivity index (χ1n) is 6.98. The molecule has 1 saturated carbocycles. The van der Waals surface area contributed by atoms with Crippen LogP contribution in [0.15, 0.2) is 0 Å². The summed E-state index contributed by atoms with van der Waals surface area (Å²) in [5, 5.41) is 30.6. The first-order chi connectivity index (χ1) is 8.86. The summed E-state index contributed by atoms with van der Waals surface area (Å²) in [6, 6.07) is 0.277. The second kappa shape index (κ2) is 5.40. The first-order valence-corrected chi connectivity index (χ1v) is 6.98. The van der Waals surface area contributed by atoms with Crippen LogP contribution >= 0.6 is 0 Å². The van der Waals surface area contributed by atoms with E-state index in [0.717, 1.165) is 6.54 Å². The molecule has 1 saturated heterocycles. The van der Waals surface area contributed by atoms with Crippen molar-refractivity contribution in [1.29, 1.82) is 0 Å². The lowest BCUT2D eigenvalue weighted by Crippen LogP contribution is -2.53. The van der Waals surface area contributed by atoms with E-state index in [4.69, 9.17) is 15.8 Å². The lowest BCUT2D eigenvalue weighted by Gasteiger charge is -2.32. The third kappa shape index (κ3) is 2.65. The number of carboxylic acid groups (broad SMARTS) is 1. The number of fused-ring (bicyclic) bond motifs is 1. The lowest BCUT2D eigenvalue weighted by atomic mass is 9.74. The molecule has 1 heterocycles. The van der Waals surface area contributed by atoms with Gasteiger partial charge in [0.15, 0.2) is 0 Å². The predicted molar refractivity (Wildman–Crippen MR) is 71.3 cm³/mol. The molecule has 2 rings (SSSR count). The average molecular weight is 270 g/mol. The summed E-state index contributed by atoms with van der Waals surface area (Å²) < 4.78 is 0. The summed E-state index contributed by atoms with van der Waals surface area (Å²) in [4.78, 5) is 11.5. The van der Waals surface area contributed by atoms with Crippen LogP contribution in [0.1, 0.15) is 26.2 Å². The van der Waals surface area contributed by atoms with Crippen molar-refractivity contribution in [2.45, 2.75) is 44.1 Å². The molecule has 5 atom stereocenters. The molecular formula is C12H23BN2O4. The topological polar surface area (TPSA) is 116 Å². The zero-order chi connectivity index (χ0) is 14.2. The number of nitrogens with one attached hydrogen (secondary N) is 1. The highest BCUT2D eigenvalue weighted by Crippen LogP contribution is 2.49. The van der Waals surface area contributed by atoms with Gasteiger partial charge in [0.05, 0.1) is 0 Å². The van der Waals surface area contributed by atoms with Crippen molar-refractivity contribution >= 4 is 13.1 Å². The Balaban J connectivity index is 2.10. The number of carboxylic acids is 1. The summed E-state index contributed by atoms with van der Waals surface area (Å²) in [5.74, 6) is -0.431. The van der Waals surface area contributed by atoms with Gasteiger partial charge >= 0.3 is 13.1 Å². The molecule has 0 bridgehead atoms. The van der Waals surface area contributed by atoms with E-state index in [9.17, 15) is 9.90 Å². The number of carbonyl (C=O) groups is 1. The van der Waals surface area contributed by atoms with E-state index in [2.05, 4.69) is 12.2 Å². The highest BCUT2D eigenvalue weighted by molar-refractivity contribution is 6.40. The van der Waals surface area contributed by atoms with Gasteiger partial charge in [-0.1, -0.05) is 6.42 Å². The third-order valence-electron chi connectivity index (χ3n) is 4.93. The van der Waals surface area contributed by atoms with Crippen LogP contribution in [-0.4, -0.2) is 46.4 Å². The van der Waals surface area contributed by atoms with E-state index in [-0.39, 0.29) is 24.2 Å². The van der Waals surface area contributed by atoms with Crippen molar-refractivity contribution in [1.82, 2.24) is 5.32 Å². The van der Waals surface area contributed by atoms with Gasteiger partial charge in [-0.05, 0) is 50.4 Å². The summed E-state index contributed by atoms with van der Waals surface area (Å²) in [7, 11) is -1.33. The van der Waals surface area contributed by atoms with Crippen LogP contribution in [0.2, 0.25) is 6.32 Å². The SMILES string of the molecule is C[C@H]1NC[C@@H]2CC(N)(C(=O)O)[C@@H](CCCB(O)O)[C@@H]21. The molecule has 0 aromatic heterocycles. The molecule has 2 fully saturated rings. The van der Waals surface area contributed by atoms with Gasteiger partial charge in [0.1, 0.15) is 5.54 Å². The number of hydrogen-bond acceptors (Lipinski definition) is 5. The molecule has 6 N–H and O–H groups in total. The van der Waals surface area contributed by atoms with Crippen molar-refractivity contribution in [3.05, 3.63) is 0 Å². The molecule has 0 aromatic carbocycles. The molecule has 1 unspecified atom stereocenters. The maximum absolute atomic E-state index is 11.5. The van der Waals surface area contributed by atoms with Crippen LogP contribution < -0.4 is 11.1 Å². The van der Waals surface area contributed by atoms with Gasteiger partial charge in [-0.15, -0.1) is 0 Å². The molecule has 0 radical (unpaired) electrons. The highest BCUT2D eigenvalue weighted by atomic mass is 16.4. The van der Waals surface area contributed by atoms with Crippen molar-refractivity contribution in [2.75, 3.05) is 6.54 Å². The molecule has 0 aromatic rings. The van der Waals surface area contributed by atoms with E-state index in [1.54, 1.807) is 0 Å². The van der Waals surface area contributed by atoms with Crippen molar-refractivity contribution in [3.63, 3.8) is 0 Å². The number of hydrogen-bond donors (Lipinski definition) is 5. The minimum atomic E-state index is -1.33. The van der Waals surface area contributed by atoms with Gasteiger partial charge in [0.2, 0.25) is 0 Å². The third-order valence-corrected chi connectivity index (χ3v) is 4.93. The van der Waals surface area contributed by atoms with E-state index in [0.29, 0.717) is 25.2 Å². The molecule has 108 valence electrons. The number of rotatable bonds is 5. The van der Waals surface area contributed by atoms with E-state index >= 15 is 0 Å². The summed E-state index contributed by atoms with van der Waals surface area (Å²) in [6.07, 6.45) is 2.00. The smallest absolute Gasteiger partial charge is 0.451 e. The maximum Gasteiger partial charge on any atom is 0.451 e. The monoisotopic (exact) mass is 270 g/mol. The van der Waals surface area contributed by atoms with Gasteiger partial charge < -0.3 is 26.2 Å². The molecule has 1 aliphatic carbocycles. The van der Waals surface area contributed by atoms with Crippen LogP contribution in [0.3, 0.4) is 0 Å². The van der Waals surface area contributed by atoms with Crippen LogP contribution in [0.25, 0.3) is 0 Å². The summed E-state index contributed by atoms with van der Waals surface area (Å²) in [5.41, 5.74) is 5.00. The Labute approximate surface area is 113 Å². The normalized spacial score (nSPS) is 41.3. The number of nitrogens with two attached hydrogens (primary N) is 1. The zero-order valence-electron chi connectivity index (χ0n) is 11.2. The fourth-order valence-corrected chi connectivity index (χ4v) is 4.05. The summed E-state index contributed by atoms with van der Waals surface area (Å²) >= 11 is 0. The molecule has 0 spiro atoms. The molecule has 0 amide bonds. The van der Waals surface area contributed by atoms with E-state index in [1.165, 1.54) is 0 Å². The van der Waals surface area contributed by atoms with E-state index in [1.807, 2.05) is 0 Å². The quantitative estimate of drug-likeness (QED) is 0.420. The van der Waals surface area contributed by atoms with Crippen molar-refractivity contribution < 1.29 is 19.9 Å². The Hall–Kier alpha value is -0.625. The van der Waals surface area contributed by atoms with Gasteiger partial charge in [0.25, 0.3) is 0 Å². The van der Waals surface area contributed by atoms with Crippen molar-refractivity contribution in [3.8, 4) is 0 Å². The predicted octanol–water partition coefficient (Wildman–Crippen LogP) is -0.734. The second-order valence-corrected chi connectivity index (χ2v) is 6.10. The molecule has 2 aliphatic rings. The Morgan fingerprint density at radius 1 is 1.53 bits per heavy atom. The largest absolute Gasteiger partial charge is 0.480 e. The van der Waals surface area contributed by atoms with E-state index < -0.39 is 18.6 Å². The van der Waals surface area contributed by atoms with Crippen LogP contribution in [0.4, 0.5) is 0 Å². The molecule has 7 heteroatoms. The summed E-state index contributed by atoms with van der Waals surface area (Å²) in [6.45, 7) is 2.91. The van der Waals surface area contributed by atoms with Gasteiger partial charge in [-0.25, -0.2) is 0 Å². The Kier molecular flexibility index (Phi) is 4.20.